The number of nitrogens with one attached hydrogen (secondary N) is 9. The second-order valence-corrected chi connectivity index (χ2v) is 20.4. The van der Waals surface area contributed by atoms with Crippen molar-refractivity contribution in [2.45, 2.75) is 140 Å². The van der Waals surface area contributed by atoms with Gasteiger partial charge in [-0.15, -0.1) is 0 Å². The number of carboxylic acid groups (broad SMARTS) is 3. The number of primary amides is 1. The third-order valence-corrected chi connectivity index (χ3v) is 12.9. The van der Waals surface area contributed by atoms with E-state index in [4.69, 9.17) is 38.6 Å². The molecule has 0 spiro atoms. The van der Waals surface area contributed by atoms with Gasteiger partial charge in [-0.05, 0) is 60.8 Å². The Morgan fingerprint density at radius 3 is 1.72 bits per heavy atom. The number of phenols is 1. The number of phenolic OH excluding ortho intramolecular Hbond substituents is 1. The second kappa shape index (κ2) is 33.5. The molecule has 1 aliphatic heterocycles. The maximum absolute atomic E-state index is 14.5. The van der Waals surface area contributed by atoms with E-state index in [1.54, 1.807) is 58.0 Å². The quantitative estimate of drug-likeness (QED) is 0.0171. The lowest BCUT2D eigenvalue weighted by atomic mass is 9.98. The van der Waals surface area contributed by atoms with Gasteiger partial charge >= 0.3 is 17.9 Å². The molecule has 0 aliphatic carbocycles. The number of likely N-dealkylation sites (tertiary alicyclic amines) is 1. The zero-order valence-corrected chi connectivity index (χ0v) is 46.5. The maximum Gasteiger partial charge on any atom is 0.326 e. The number of carboxylic acids is 3. The van der Waals surface area contributed by atoms with Gasteiger partial charge in [-0.25, -0.2) is 9.78 Å². The number of H-pyrrole nitrogens is 1. The Hall–Kier alpha value is -9.19. The Balaban J connectivity index is 0.00000184. The molecule has 8 amide bonds. The van der Waals surface area contributed by atoms with Gasteiger partial charge in [0.15, 0.2) is 5.96 Å². The number of hydrogen-bond acceptors (Lipinski definition) is 16. The molecule has 0 radical (unpaired) electrons. The molecule has 4 rings (SSSR count). The summed E-state index contributed by atoms with van der Waals surface area (Å²) in [6, 6.07) is 2.86. The van der Waals surface area contributed by atoms with Crippen LogP contribution in [0, 0.1) is 17.2 Å². The number of carbonyl (C=O) groups is 11. The molecule has 1 saturated heterocycles. The first-order chi connectivity index (χ1) is 39.1. The molecule has 21 N–H and O–H groups in total. The van der Waals surface area contributed by atoms with E-state index in [0.717, 1.165) is 0 Å². The number of amides is 8. The Kier molecular flexibility index (Phi) is 27.5. The van der Waals surface area contributed by atoms with Crippen molar-refractivity contribution < 1.29 is 73.2 Å². The fraction of sp³-hybridized carbons (Fsp3) is 0.491. The van der Waals surface area contributed by atoms with Gasteiger partial charge in [0, 0.05) is 44.2 Å². The molecule has 0 bridgehead atoms. The Labute approximate surface area is 477 Å². The number of hydrogen-bond donors (Lipinski definition) is 17. The number of nitrogens with two attached hydrogens (primary N) is 4. The van der Waals surface area contributed by atoms with Crippen molar-refractivity contribution in [2.75, 3.05) is 13.1 Å². The van der Waals surface area contributed by atoms with E-state index in [2.05, 4.69) is 47.2 Å². The van der Waals surface area contributed by atoms with Gasteiger partial charge < -0.3 is 90.5 Å². The van der Waals surface area contributed by atoms with E-state index in [0.29, 0.717) is 23.2 Å². The fourth-order valence-electron chi connectivity index (χ4n) is 8.48. The van der Waals surface area contributed by atoms with Crippen molar-refractivity contribution in [3.8, 4) is 5.75 Å². The molecule has 454 valence electrons. The largest absolute Gasteiger partial charge is 0.508 e. The number of guanidine groups is 1. The summed E-state index contributed by atoms with van der Waals surface area (Å²) in [6.45, 7) is 6.82. The molecule has 1 aromatic heterocycles. The van der Waals surface area contributed by atoms with Crippen LogP contribution in [0.3, 0.4) is 0 Å². The molecule has 1 aliphatic rings. The standard InChI is InChI=1S/C49H70N14O11.C4H7NO4/c1-26(2)39(61-42(67)33(12-8-18-55-49(52)53)57-41(66)32(50)23-38(51)65)45(70)58-34(20-29-14-16-31(64)17-15-29)43(68)62-40(27(3)4)46(71)59-35(22-30-24-54-25-56-30)47(72)63-19-9-13-37(63)44(69)60-36(48(73)74)21-28-10-6-5-7-11-28;5-2(4(8)9)1-3(6)7/h5-7,10-11,14-17,24-27,32-37,39-40,64H,8-9,12-13,18-23,50H2,1-4H3,(H2,51,65)(H,54,56)(H,57,66)(H,58,70)(H,59,71)(H,60,69)(H,61,67)(H,62,68)(H,73,74)(H4,52,53,55);2H,1,5H2,(H,6,7)(H,8,9)/t32-,33-,34-,35-,36-,37-,39-,40-;/m0./s1. The van der Waals surface area contributed by atoms with Crippen molar-refractivity contribution in [3.05, 3.63) is 83.9 Å². The number of nitrogens with zero attached hydrogens (tertiary/aromatic N) is 2. The van der Waals surface area contributed by atoms with Crippen molar-refractivity contribution in [2.24, 2.45) is 34.8 Å². The monoisotopic (exact) mass is 1160 g/mol. The fourth-order valence-corrected chi connectivity index (χ4v) is 8.48. The second-order valence-electron chi connectivity index (χ2n) is 20.4. The van der Waals surface area contributed by atoms with Crippen molar-refractivity contribution >= 4 is 71.1 Å². The van der Waals surface area contributed by atoms with Crippen LogP contribution in [-0.2, 0) is 72.0 Å². The smallest absolute Gasteiger partial charge is 0.326 e. The van der Waals surface area contributed by atoms with Crippen LogP contribution in [0.1, 0.15) is 83.0 Å². The zero-order chi connectivity index (χ0) is 62.1. The molecule has 9 atom stereocenters. The lowest BCUT2D eigenvalue weighted by molar-refractivity contribution is -0.145. The highest BCUT2D eigenvalue weighted by atomic mass is 16.4. The first-order valence-electron chi connectivity index (χ1n) is 26.5. The molecule has 0 saturated carbocycles. The average Bonchev–Trinajstić information content (AvgIpc) is 4.20. The van der Waals surface area contributed by atoms with Crippen molar-refractivity contribution in [1.29, 1.82) is 5.41 Å². The highest BCUT2D eigenvalue weighted by Crippen LogP contribution is 2.21. The van der Waals surface area contributed by atoms with E-state index < -0.39 is 144 Å². The summed E-state index contributed by atoms with van der Waals surface area (Å²) in [7, 11) is 0. The maximum atomic E-state index is 14.5. The number of aliphatic carboxylic acids is 3. The van der Waals surface area contributed by atoms with E-state index in [1.165, 1.54) is 41.7 Å². The normalized spacial score (nSPS) is 15.7. The van der Waals surface area contributed by atoms with E-state index in [1.807, 2.05) is 0 Å². The van der Waals surface area contributed by atoms with Gasteiger partial charge in [0.1, 0.15) is 54.1 Å². The first-order valence-corrected chi connectivity index (χ1v) is 26.5. The van der Waals surface area contributed by atoms with Crippen LogP contribution in [0.4, 0.5) is 0 Å². The third-order valence-electron chi connectivity index (χ3n) is 12.9. The van der Waals surface area contributed by atoms with Crippen LogP contribution in [0.25, 0.3) is 0 Å². The summed E-state index contributed by atoms with van der Waals surface area (Å²) in [5, 5.41) is 61.9. The van der Waals surface area contributed by atoms with Crippen LogP contribution in [-0.4, -0.2) is 174 Å². The summed E-state index contributed by atoms with van der Waals surface area (Å²) in [5.74, 6) is -11.7. The number of aromatic nitrogens is 2. The highest BCUT2D eigenvalue weighted by molar-refractivity contribution is 5.98. The predicted octanol–water partition coefficient (Wildman–Crippen LogP) is -3.22. The summed E-state index contributed by atoms with van der Waals surface area (Å²) >= 11 is 0. The number of aromatic hydroxyl groups is 1. The van der Waals surface area contributed by atoms with Gasteiger partial charge in [-0.3, -0.25) is 53.4 Å². The Bertz CT molecular complexity index is 2710. The lowest BCUT2D eigenvalue weighted by Crippen LogP contribution is -2.62. The van der Waals surface area contributed by atoms with Crippen molar-refractivity contribution in [3.63, 3.8) is 0 Å². The zero-order valence-electron chi connectivity index (χ0n) is 46.5. The molecular formula is C53H77N15O15. The SMILES string of the molecule is CC(C)[C@H](NC(=O)[C@H](CCCNC(=N)N)NC(=O)[C@@H](N)CC(N)=O)C(=O)N[C@@H](Cc1ccc(O)cc1)C(=O)N[C@H](C(=O)N[C@@H](Cc1cnc[nH]1)C(=O)N1CCC[C@H]1C(=O)N[C@@H](Cc1ccccc1)C(=O)O)C(C)C.NC(CC(=O)O)C(=O)O. The van der Waals surface area contributed by atoms with Crippen LogP contribution >= 0.6 is 0 Å². The van der Waals surface area contributed by atoms with Crippen LogP contribution in [0.2, 0.25) is 0 Å². The van der Waals surface area contributed by atoms with Crippen molar-refractivity contribution in [1.82, 2.24) is 52.1 Å². The van der Waals surface area contributed by atoms with Crippen LogP contribution in [0.15, 0.2) is 67.1 Å². The average molecular weight is 1160 g/mol. The van der Waals surface area contributed by atoms with Gasteiger partial charge in [0.25, 0.3) is 0 Å². The molecule has 83 heavy (non-hydrogen) atoms. The summed E-state index contributed by atoms with van der Waals surface area (Å²) in [5.41, 5.74) is 22.9. The van der Waals surface area contributed by atoms with E-state index >= 15 is 0 Å². The Morgan fingerprint density at radius 2 is 1.22 bits per heavy atom. The third kappa shape index (κ3) is 23.4. The molecule has 2 heterocycles. The summed E-state index contributed by atoms with van der Waals surface area (Å²) in [4.78, 5) is 150. The van der Waals surface area contributed by atoms with Gasteiger partial charge in [0.05, 0.1) is 25.2 Å². The molecule has 30 nitrogen and oxygen atoms in total. The van der Waals surface area contributed by atoms with E-state index in [-0.39, 0.29) is 63.3 Å². The van der Waals surface area contributed by atoms with Gasteiger partial charge in [0.2, 0.25) is 47.3 Å². The molecule has 3 aromatic rings. The lowest BCUT2D eigenvalue weighted by Gasteiger charge is -2.31. The predicted molar refractivity (Wildman–Crippen MR) is 297 cm³/mol. The highest BCUT2D eigenvalue weighted by Gasteiger charge is 2.41. The number of carbonyl (C=O) groups excluding carboxylic acids is 8. The topological polar surface area (TPSA) is 513 Å². The summed E-state index contributed by atoms with van der Waals surface area (Å²) < 4.78 is 0. The Morgan fingerprint density at radius 1 is 0.663 bits per heavy atom. The number of rotatable bonds is 31. The molecule has 2 aromatic carbocycles. The molecule has 30 heteroatoms. The van der Waals surface area contributed by atoms with Crippen LogP contribution < -0.4 is 60.2 Å². The van der Waals surface area contributed by atoms with Crippen LogP contribution in [0.5, 0.6) is 5.75 Å². The van der Waals surface area contributed by atoms with E-state index in [9.17, 15) is 63.0 Å². The number of aromatic amines is 1. The number of benzene rings is 2. The molecule has 1 fully saturated rings. The minimum Gasteiger partial charge on any atom is -0.508 e. The first kappa shape index (κ1) is 68.1. The minimum absolute atomic E-state index is 0.000167. The van der Waals surface area contributed by atoms with Gasteiger partial charge in [-0.2, -0.15) is 0 Å². The molecule has 1 unspecified atom stereocenters. The minimum atomic E-state index is -1.41. The summed E-state index contributed by atoms with van der Waals surface area (Å²) in [6.07, 6.45) is 2.34. The van der Waals surface area contributed by atoms with Gasteiger partial charge in [-0.1, -0.05) is 70.2 Å². The molecular weight excluding hydrogens is 1090 g/mol. The number of imidazole rings is 1.